The first kappa shape index (κ1) is 15.0. The number of anilines is 1. The first-order valence-corrected chi connectivity index (χ1v) is 8.03. The van der Waals surface area contributed by atoms with E-state index in [0.29, 0.717) is 5.92 Å². The van der Waals surface area contributed by atoms with E-state index in [9.17, 15) is 0 Å². The Hall–Kier alpha value is -1.35. The molecule has 2 nitrogen and oxygen atoms in total. The van der Waals surface area contributed by atoms with Gasteiger partial charge in [-0.3, -0.25) is 0 Å². The third-order valence-corrected chi connectivity index (χ3v) is 4.54. The van der Waals surface area contributed by atoms with Crippen LogP contribution in [0.3, 0.4) is 0 Å². The number of nitrogens with zero attached hydrogens (tertiary/aromatic N) is 1. The maximum absolute atomic E-state index is 4.71. The summed E-state index contributed by atoms with van der Waals surface area (Å²) in [5.41, 5.74) is 3.79. The molecule has 0 radical (unpaired) electrons. The molecule has 3 heteroatoms. The second-order valence-corrected chi connectivity index (χ2v) is 7.39. The highest BCUT2D eigenvalue weighted by atomic mass is 32.1. The van der Waals surface area contributed by atoms with Crippen LogP contribution in [0.2, 0.25) is 0 Å². The smallest absolute Gasteiger partial charge is 0.0982 e. The molecule has 108 valence electrons. The highest BCUT2D eigenvalue weighted by molar-refractivity contribution is 7.09. The van der Waals surface area contributed by atoms with Crippen LogP contribution < -0.4 is 5.32 Å². The molecule has 0 saturated heterocycles. The molecule has 0 bridgehead atoms. The summed E-state index contributed by atoms with van der Waals surface area (Å²) in [6.07, 6.45) is 0. The topological polar surface area (TPSA) is 24.9 Å². The molecule has 1 aromatic carbocycles. The Labute approximate surface area is 126 Å². The number of rotatable bonds is 4. The van der Waals surface area contributed by atoms with Gasteiger partial charge in [-0.25, -0.2) is 4.98 Å². The van der Waals surface area contributed by atoms with E-state index in [4.69, 9.17) is 4.98 Å². The van der Waals surface area contributed by atoms with Crippen molar-refractivity contribution < 1.29 is 0 Å². The van der Waals surface area contributed by atoms with Crippen molar-refractivity contribution in [2.75, 3.05) is 5.32 Å². The zero-order valence-corrected chi connectivity index (χ0v) is 13.8. The monoisotopic (exact) mass is 288 g/mol. The number of thiazole rings is 1. The number of benzene rings is 1. The van der Waals surface area contributed by atoms with Crippen molar-refractivity contribution in [2.24, 2.45) is 0 Å². The van der Waals surface area contributed by atoms with Crippen molar-refractivity contribution in [3.63, 3.8) is 0 Å². The van der Waals surface area contributed by atoms with Crippen LogP contribution in [0.5, 0.6) is 0 Å². The largest absolute Gasteiger partial charge is 0.379 e. The molecule has 0 aliphatic heterocycles. The van der Waals surface area contributed by atoms with Gasteiger partial charge in [-0.15, -0.1) is 11.3 Å². The van der Waals surface area contributed by atoms with Gasteiger partial charge < -0.3 is 5.32 Å². The molecule has 0 unspecified atom stereocenters. The van der Waals surface area contributed by atoms with Crippen molar-refractivity contribution in [3.05, 3.63) is 45.9 Å². The van der Waals surface area contributed by atoms with E-state index < -0.39 is 0 Å². The van der Waals surface area contributed by atoms with E-state index in [1.807, 2.05) is 0 Å². The van der Waals surface area contributed by atoms with Gasteiger partial charge in [-0.2, -0.15) is 0 Å². The van der Waals surface area contributed by atoms with Gasteiger partial charge in [0, 0.05) is 16.5 Å². The summed E-state index contributed by atoms with van der Waals surface area (Å²) in [6.45, 7) is 11.8. The van der Waals surface area contributed by atoms with Crippen molar-refractivity contribution in [1.29, 1.82) is 0 Å². The minimum atomic E-state index is 0.139. The fourth-order valence-corrected chi connectivity index (χ4v) is 2.84. The second kappa shape index (κ2) is 5.96. The standard InChI is InChI=1S/C17H24N2S/c1-12(2)13-7-6-8-14(9-13)18-10-15-11-20-16(19-15)17(3,4)5/h6-9,11-12,18H,10H2,1-5H3. The SMILES string of the molecule is CC(C)c1cccc(NCc2csc(C(C)(C)C)n2)c1. The summed E-state index contributed by atoms with van der Waals surface area (Å²) in [6, 6.07) is 8.63. The van der Waals surface area contributed by atoms with Crippen molar-refractivity contribution in [3.8, 4) is 0 Å². The van der Waals surface area contributed by atoms with Crippen LogP contribution in [-0.4, -0.2) is 4.98 Å². The molecule has 1 aromatic heterocycles. The van der Waals surface area contributed by atoms with Gasteiger partial charge in [0.15, 0.2) is 0 Å². The Kier molecular flexibility index (Phi) is 4.48. The predicted molar refractivity (Wildman–Crippen MR) is 88.7 cm³/mol. The summed E-state index contributed by atoms with van der Waals surface area (Å²) in [7, 11) is 0. The molecule has 1 N–H and O–H groups in total. The lowest BCUT2D eigenvalue weighted by Gasteiger charge is -2.13. The molecule has 0 atom stereocenters. The highest BCUT2D eigenvalue weighted by Crippen LogP contribution is 2.26. The van der Waals surface area contributed by atoms with Crippen LogP contribution in [0.15, 0.2) is 29.6 Å². The van der Waals surface area contributed by atoms with Crippen molar-refractivity contribution in [1.82, 2.24) is 4.98 Å². The van der Waals surface area contributed by atoms with Crippen LogP contribution in [-0.2, 0) is 12.0 Å². The van der Waals surface area contributed by atoms with E-state index in [2.05, 4.69) is 69.6 Å². The van der Waals surface area contributed by atoms with Crippen LogP contribution in [0.4, 0.5) is 5.69 Å². The molecule has 0 saturated carbocycles. The molecule has 0 aliphatic carbocycles. The molecule has 2 rings (SSSR count). The molecule has 0 spiro atoms. The van der Waals surface area contributed by atoms with Gasteiger partial charge in [0.05, 0.1) is 17.2 Å². The maximum atomic E-state index is 4.71. The number of hydrogen-bond donors (Lipinski definition) is 1. The quantitative estimate of drug-likeness (QED) is 0.839. The van der Waals surface area contributed by atoms with E-state index in [1.165, 1.54) is 16.3 Å². The minimum Gasteiger partial charge on any atom is -0.379 e. The van der Waals surface area contributed by atoms with E-state index in [0.717, 1.165) is 12.2 Å². The Bertz CT molecular complexity index is 564. The summed E-state index contributed by atoms with van der Waals surface area (Å²) < 4.78 is 0. The van der Waals surface area contributed by atoms with Crippen LogP contribution >= 0.6 is 11.3 Å². The normalized spacial score (nSPS) is 11.9. The molecular weight excluding hydrogens is 264 g/mol. The Morgan fingerprint density at radius 1 is 1.25 bits per heavy atom. The molecule has 1 heterocycles. The van der Waals surface area contributed by atoms with Gasteiger partial charge in [0.25, 0.3) is 0 Å². The average molecular weight is 288 g/mol. The summed E-state index contributed by atoms with van der Waals surface area (Å²) in [4.78, 5) is 4.71. The van der Waals surface area contributed by atoms with Gasteiger partial charge in [-0.05, 0) is 23.6 Å². The summed E-state index contributed by atoms with van der Waals surface area (Å²) in [5, 5.41) is 6.82. The van der Waals surface area contributed by atoms with Crippen molar-refractivity contribution >= 4 is 17.0 Å². The molecule has 0 amide bonds. The number of nitrogens with one attached hydrogen (secondary N) is 1. The Balaban J connectivity index is 2.02. The van der Waals surface area contributed by atoms with Gasteiger partial charge >= 0.3 is 0 Å². The predicted octanol–water partition coefficient (Wildman–Crippen LogP) is 5.18. The van der Waals surface area contributed by atoms with Gasteiger partial charge in [0.1, 0.15) is 0 Å². The van der Waals surface area contributed by atoms with E-state index in [-0.39, 0.29) is 5.41 Å². The Morgan fingerprint density at radius 3 is 2.60 bits per heavy atom. The zero-order valence-electron chi connectivity index (χ0n) is 13.0. The summed E-state index contributed by atoms with van der Waals surface area (Å²) in [5.74, 6) is 0.559. The van der Waals surface area contributed by atoms with Crippen molar-refractivity contribution in [2.45, 2.75) is 52.5 Å². The lowest BCUT2D eigenvalue weighted by molar-refractivity contribution is 0.583. The number of hydrogen-bond acceptors (Lipinski definition) is 3. The van der Waals surface area contributed by atoms with E-state index in [1.54, 1.807) is 11.3 Å². The molecule has 2 aromatic rings. The molecular formula is C17H24N2S. The molecule has 20 heavy (non-hydrogen) atoms. The molecule has 0 aliphatic rings. The fraction of sp³-hybridized carbons (Fsp3) is 0.471. The van der Waals surface area contributed by atoms with Gasteiger partial charge in [-0.1, -0.05) is 46.8 Å². The van der Waals surface area contributed by atoms with Crippen LogP contribution in [0, 0.1) is 0 Å². The third kappa shape index (κ3) is 3.83. The first-order chi connectivity index (χ1) is 9.36. The number of aromatic nitrogens is 1. The fourth-order valence-electron chi connectivity index (χ4n) is 1.93. The van der Waals surface area contributed by atoms with Crippen LogP contribution in [0.1, 0.15) is 56.8 Å². The van der Waals surface area contributed by atoms with Gasteiger partial charge in [0.2, 0.25) is 0 Å². The minimum absolute atomic E-state index is 0.139. The zero-order chi connectivity index (χ0) is 14.8. The second-order valence-electron chi connectivity index (χ2n) is 6.53. The highest BCUT2D eigenvalue weighted by Gasteiger charge is 2.17. The first-order valence-electron chi connectivity index (χ1n) is 7.15. The Morgan fingerprint density at radius 2 is 2.00 bits per heavy atom. The lowest BCUT2D eigenvalue weighted by atomic mass is 9.98. The lowest BCUT2D eigenvalue weighted by Crippen LogP contribution is -2.11. The molecule has 0 fully saturated rings. The average Bonchev–Trinajstić information content (AvgIpc) is 2.85. The maximum Gasteiger partial charge on any atom is 0.0982 e. The van der Waals surface area contributed by atoms with E-state index >= 15 is 0 Å². The third-order valence-electron chi connectivity index (χ3n) is 3.22. The van der Waals surface area contributed by atoms with Crippen LogP contribution in [0.25, 0.3) is 0 Å². The summed E-state index contributed by atoms with van der Waals surface area (Å²) >= 11 is 1.75.